The zero-order valence-corrected chi connectivity index (χ0v) is 20.2. The SMILES string of the molecule is Cc1ccc(CC(NS(=O)(=O)c2ccc(Br)cc2)c2ccc(CCCC(=O)O)cc2)cc1. The van der Waals surface area contributed by atoms with Gasteiger partial charge in [-0.3, -0.25) is 4.79 Å². The molecule has 3 aromatic carbocycles. The molecule has 0 aliphatic heterocycles. The number of aryl methyl sites for hydroxylation is 2. The normalized spacial score (nSPS) is 12.4. The minimum atomic E-state index is -3.72. The summed E-state index contributed by atoms with van der Waals surface area (Å²) in [5.74, 6) is -0.804. The molecule has 2 N–H and O–H groups in total. The summed E-state index contributed by atoms with van der Waals surface area (Å²) in [4.78, 5) is 10.9. The number of hydrogen-bond donors (Lipinski definition) is 2. The first-order valence-corrected chi connectivity index (χ1v) is 12.6. The van der Waals surface area contributed by atoms with Gasteiger partial charge in [-0.15, -0.1) is 0 Å². The molecule has 0 saturated carbocycles. The first-order chi connectivity index (χ1) is 15.2. The highest BCUT2D eigenvalue weighted by Gasteiger charge is 2.22. The van der Waals surface area contributed by atoms with Gasteiger partial charge in [-0.1, -0.05) is 70.0 Å². The van der Waals surface area contributed by atoms with Crippen molar-refractivity contribution < 1.29 is 18.3 Å². The number of nitrogens with one attached hydrogen (secondary N) is 1. The van der Waals surface area contributed by atoms with Crippen LogP contribution in [0.25, 0.3) is 0 Å². The Morgan fingerprint density at radius 2 is 1.53 bits per heavy atom. The van der Waals surface area contributed by atoms with Gasteiger partial charge in [0, 0.05) is 10.9 Å². The molecule has 3 rings (SSSR count). The van der Waals surface area contributed by atoms with E-state index in [0.29, 0.717) is 19.3 Å². The molecular formula is C25H26BrNO4S. The fourth-order valence-electron chi connectivity index (χ4n) is 3.42. The summed E-state index contributed by atoms with van der Waals surface area (Å²) in [5.41, 5.74) is 4.06. The van der Waals surface area contributed by atoms with E-state index in [9.17, 15) is 13.2 Å². The summed E-state index contributed by atoms with van der Waals surface area (Å²) in [6.07, 6.45) is 1.87. The third-order valence-electron chi connectivity index (χ3n) is 5.22. The highest BCUT2D eigenvalue weighted by Crippen LogP contribution is 2.24. The molecule has 7 heteroatoms. The van der Waals surface area contributed by atoms with Crippen LogP contribution >= 0.6 is 15.9 Å². The third-order valence-corrected chi connectivity index (χ3v) is 7.24. The number of sulfonamides is 1. The van der Waals surface area contributed by atoms with Crippen LogP contribution in [0.4, 0.5) is 0 Å². The van der Waals surface area contributed by atoms with Crippen LogP contribution in [0.2, 0.25) is 0 Å². The molecule has 0 spiro atoms. The van der Waals surface area contributed by atoms with Gasteiger partial charge in [0.15, 0.2) is 0 Å². The molecule has 168 valence electrons. The van der Waals surface area contributed by atoms with E-state index in [-0.39, 0.29) is 11.3 Å². The molecule has 0 fully saturated rings. The summed E-state index contributed by atoms with van der Waals surface area (Å²) in [5, 5.41) is 8.82. The van der Waals surface area contributed by atoms with Gasteiger partial charge in [0.05, 0.1) is 10.9 Å². The second kappa shape index (κ2) is 10.9. The van der Waals surface area contributed by atoms with Crippen molar-refractivity contribution in [3.05, 3.63) is 99.5 Å². The van der Waals surface area contributed by atoms with Gasteiger partial charge in [-0.05, 0) is 67.1 Å². The molecule has 5 nitrogen and oxygen atoms in total. The predicted octanol–water partition coefficient (Wildman–Crippen LogP) is 5.43. The second-order valence-corrected chi connectivity index (χ2v) is 10.4. The van der Waals surface area contributed by atoms with Crippen molar-refractivity contribution in [1.82, 2.24) is 4.72 Å². The highest BCUT2D eigenvalue weighted by atomic mass is 79.9. The minimum absolute atomic E-state index is 0.130. The molecule has 32 heavy (non-hydrogen) atoms. The molecule has 0 heterocycles. The van der Waals surface area contributed by atoms with Crippen molar-refractivity contribution >= 4 is 31.9 Å². The smallest absolute Gasteiger partial charge is 0.303 e. The molecule has 0 bridgehead atoms. The lowest BCUT2D eigenvalue weighted by atomic mass is 9.97. The van der Waals surface area contributed by atoms with Crippen molar-refractivity contribution in [3.8, 4) is 0 Å². The average Bonchev–Trinajstić information content (AvgIpc) is 2.75. The van der Waals surface area contributed by atoms with Crippen LogP contribution in [0.5, 0.6) is 0 Å². The van der Waals surface area contributed by atoms with Crippen molar-refractivity contribution in [3.63, 3.8) is 0 Å². The molecular weight excluding hydrogens is 490 g/mol. The molecule has 1 unspecified atom stereocenters. The maximum atomic E-state index is 13.1. The highest BCUT2D eigenvalue weighted by molar-refractivity contribution is 9.10. The number of carboxylic acid groups (broad SMARTS) is 1. The van der Waals surface area contributed by atoms with Gasteiger partial charge in [-0.25, -0.2) is 13.1 Å². The minimum Gasteiger partial charge on any atom is -0.481 e. The van der Waals surface area contributed by atoms with Crippen LogP contribution in [-0.4, -0.2) is 19.5 Å². The first-order valence-electron chi connectivity index (χ1n) is 10.4. The lowest BCUT2D eigenvalue weighted by Crippen LogP contribution is -2.30. The predicted molar refractivity (Wildman–Crippen MR) is 129 cm³/mol. The third kappa shape index (κ3) is 7.02. The van der Waals surface area contributed by atoms with Crippen molar-refractivity contribution in [2.45, 2.75) is 43.5 Å². The first kappa shape index (κ1) is 24.2. The standard InChI is InChI=1S/C25H26BrNO4S/c1-18-5-7-20(8-6-18)17-24(27-32(30,31)23-15-13-22(26)14-16-23)21-11-9-19(10-12-21)3-2-4-25(28)29/h5-16,24,27H,2-4,17H2,1H3,(H,28,29). The average molecular weight is 516 g/mol. The number of benzene rings is 3. The van der Waals surface area contributed by atoms with Crippen LogP contribution < -0.4 is 4.72 Å². The van der Waals surface area contributed by atoms with Crippen LogP contribution in [0.3, 0.4) is 0 Å². The van der Waals surface area contributed by atoms with E-state index in [4.69, 9.17) is 5.11 Å². The molecule has 0 amide bonds. The maximum absolute atomic E-state index is 13.1. The molecule has 0 radical (unpaired) electrons. The monoisotopic (exact) mass is 515 g/mol. The number of carboxylic acids is 1. The number of rotatable bonds is 10. The Hall–Kier alpha value is -2.48. The van der Waals surface area contributed by atoms with Crippen LogP contribution in [0.15, 0.2) is 82.2 Å². The Bertz CT molecular complexity index is 1140. The number of aliphatic carboxylic acids is 1. The lowest BCUT2D eigenvalue weighted by Gasteiger charge is -2.20. The van der Waals surface area contributed by atoms with Gasteiger partial charge in [0.2, 0.25) is 10.0 Å². The Balaban J connectivity index is 1.84. The van der Waals surface area contributed by atoms with Gasteiger partial charge < -0.3 is 5.11 Å². The van der Waals surface area contributed by atoms with Gasteiger partial charge >= 0.3 is 5.97 Å². The topological polar surface area (TPSA) is 83.5 Å². The molecule has 1 atom stereocenters. The molecule has 0 saturated heterocycles. The van der Waals surface area contributed by atoms with Crippen molar-refractivity contribution in [2.75, 3.05) is 0 Å². The number of halogens is 1. The molecule has 3 aromatic rings. The summed E-state index contributed by atoms with van der Waals surface area (Å²) < 4.78 is 29.8. The van der Waals surface area contributed by atoms with Gasteiger partial charge in [0.25, 0.3) is 0 Å². The Kier molecular flexibility index (Phi) is 8.23. The van der Waals surface area contributed by atoms with E-state index in [2.05, 4.69) is 20.7 Å². The summed E-state index contributed by atoms with van der Waals surface area (Å²) in [6.45, 7) is 2.01. The zero-order chi connectivity index (χ0) is 23.1. The van der Waals surface area contributed by atoms with Crippen LogP contribution in [-0.2, 0) is 27.7 Å². The fraction of sp³-hybridized carbons (Fsp3) is 0.240. The zero-order valence-electron chi connectivity index (χ0n) is 17.8. The lowest BCUT2D eigenvalue weighted by molar-refractivity contribution is -0.137. The molecule has 0 aromatic heterocycles. The Morgan fingerprint density at radius 1 is 0.938 bits per heavy atom. The molecule has 0 aliphatic rings. The van der Waals surface area contributed by atoms with E-state index in [1.54, 1.807) is 24.3 Å². The quantitative estimate of drug-likeness (QED) is 0.377. The van der Waals surface area contributed by atoms with E-state index in [1.165, 1.54) is 0 Å². The van der Waals surface area contributed by atoms with E-state index >= 15 is 0 Å². The summed E-state index contributed by atoms with van der Waals surface area (Å²) in [6, 6.07) is 21.9. The van der Waals surface area contributed by atoms with Crippen LogP contribution in [0.1, 0.15) is 41.1 Å². The second-order valence-electron chi connectivity index (χ2n) is 7.81. The van der Waals surface area contributed by atoms with E-state index in [1.807, 2.05) is 55.5 Å². The maximum Gasteiger partial charge on any atom is 0.303 e. The number of carbonyl (C=O) groups is 1. The Morgan fingerprint density at radius 3 is 2.12 bits per heavy atom. The summed E-state index contributed by atoms with van der Waals surface area (Å²) >= 11 is 3.33. The molecule has 0 aliphatic carbocycles. The summed E-state index contributed by atoms with van der Waals surface area (Å²) in [7, 11) is -3.72. The van der Waals surface area contributed by atoms with Gasteiger partial charge in [-0.2, -0.15) is 0 Å². The van der Waals surface area contributed by atoms with Crippen molar-refractivity contribution in [2.24, 2.45) is 0 Å². The number of hydrogen-bond acceptors (Lipinski definition) is 3. The largest absolute Gasteiger partial charge is 0.481 e. The fourth-order valence-corrected chi connectivity index (χ4v) is 4.91. The van der Waals surface area contributed by atoms with E-state index < -0.39 is 22.0 Å². The van der Waals surface area contributed by atoms with Crippen molar-refractivity contribution in [1.29, 1.82) is 0 Å². The van der Waals surface area contributed by atoms with Crippen LogP contribution in [0, 0.1) is 6.92 Å². The van der Waals surface area contributed by atoms with Gasteiger partial charge in [0.1, 0.15) is 0 Å². The Labute approximate surface area is 197 Å². The van der Waals surface area contributed by atoms with E-state index in [0.717, 1.165) is 26.7 Å².